The number of hydrogen-bond donors (Lipinski definition) is 0. The maximum atomic E-state index is 12.5. The van der Waals surface area contributed by atoms with E-state index in [0.717, 1.165) is 22.6 Å². The molecule has 3 rings (SSSR count). The molecule has 27 heavy (non-hydrogen) atoms. The minimum Gasteiger partial charge on any atom is -0.337 e. The molecule has 0 atom stereocenters. The lowest BCUT2D eigenvalue weighted by molar-refractivity contribution is -0.127. The molecule has 0 aliphatic carbocycles. The summed E-state index contributed by atoms with van der Waals surface area (Å²) in [5, 5.41) is 4.57. The van der Waals surface area contributed by atoms with Gasteiger partial charge in [0.2, 0.25) is 15.9 Å². The fourth-order valence-corrected chi connectivity index (χ4v) is 4.04. The molecule has 0 N–H and O–H groups in total. The number of carbonyl (C=O) groups excluding carboxylic acids is 1. The van der Waals surface area contributed by atoms with Crippen LogP contribution in [0.15, 0.2) is 36.4 Å². The zero-order valence-electron chi connectivity index (χ0n) is 15.8. The van der Waals surface area contributed by atoms with Crippen molar-refractivity contribution >= 4 is 22.0 Å². The number of aryl methyl sites for hydroxylation is 1. The highest BCUT2D eigenvalue weighted by Gasteiger charge is 2.25. The second-order valence-corrected chi connectivity index (χ2v) is 8.63. The second kappa shape index (κ2) is 7.66. The third kappa shape index (κ3) is 4.28. The van der Waals surface area contributed by atoms with E-state index in [1.807, 2.05) is 48.9 Å². The highest BCUT2D eigenvalue weighted by molar-refractivity contribution is 7.88. The quantitative estimate of drug-likeness (QED) is 0.746. The van der Waals surface area contributed by atoms with E-state index in [1.165, 1.54) is 10.6 Å². The van der Waals surface area contributed by atoms with Crippen LogP contribution < -0.4 is 0 Å². The van der Waals surface area contributed by atoms with E-state index in [4.69, 9.17) is 0 Å². The number of carbonyl (C=O) groups is 1. The molecule has 7 nitrogen and oxygen atoms in total. The fourth-order valence-electron chi connectivity index (χ4n) is 3.22. The Bertz CT molecular complexity index is 956. The highest BCUT2D eigenvalue weighted by atomic mass is 32.2. The molecular weight excluding hydrogens is 364 g/mol. The molecular formula is C19H24N4O3S. The van der Waals surface area contributed by atoms with Crippen LogP contribution in [0.3, 0.4) is 0 Å². The molecule has 8 heteroatoms. The van der Waals surface area contributed by atoms with Crippen LogP contribution in [0.2, 0.25) is 0 Å². The standard InChI is InChI=1S/C19H24N4O3S/c1-15-18(16(2)23(20-15)17-7-5-4-6-8-17)9-10-19(24)21-11-13-22(14-12-21)27(3,25)26/h4-10H,11-14H2,1-3H3/b10-9+. The molecule has 0 radical (unpaired) electrons. The summed E-state index contributed by atoms with van der Waals surface area (Å²) in [7, 11) is -3.20. The number of sulfonamides is 1. The lowest BCUT2D eigenvalue weighted by Gasteiger charge is -2.32. The summed E-state index contributed by atoms with van der Waals surface area (Å²) in [5.74, 6) is -0.116. The van der Waals surface area contributed by atoms with Gasteiger partial charge in [-0.25, -0.2) is 13.1 Å². The predicted octanol–water partition coefficient (Wildman–Crippen LogP) is 1.61. The zero-order valence-corrected chi connectivity index (χ0v) is 16.6. The Hall–Kier alpha value is -2.45. The highest BCUT2D eigenvalue weighted by Crippen LogP contribution is 2.19. The Balaban J connectivity index is 1.72. The van der Waals surface area contributed by atoms with Crippen LogP contribution in [0.4, 0.5) is 0 Å². The number of aromatic nitrogens is 2. The molecule has 1 aromatic carbocycles. The summed E-state index contributed by atoms with van der Waals surface area (Å²) in [4.78, 5) is 14.1. The zero-order chi connectivity index (χ0) is 19.6. The van der Waals surface area contributed by atoms with Crippen LogP contribution in [0.1, 0.15) is 17.0 Å². The van der Waals surface area contributed by atoms with Crippen molar-refractivity contribution in [3.05, 3.63) is 53.4 Å². The van der Waals surface area contributed by atoms with Crippen LogP contribution in [-0.2, 0) is 14.8 Å². The van der Waals surface area contributed by atoms with Crippen molar-refractivity contribution in [3.8, 4) is 5.69 Å². The number of piperazine rings is 1. The molecule has 0 bridgehead atoms. The Kier molecular flexibility index (Phi) is 5.48. The third-order valence-corrected chi connectivity index (χ3v) is 6.06. The molecule has 1 saturated heterocycles. The molecule has 1 amide bonds. The van der Waals surface area contributed by atoms with Crippen molar-refractivity contribution in [3.63, 3.8) is 0 Å². The average molecular weight is 388 g/mol. The molecule has 144 valence electrons. The van der Waals surface area contributed by atoms with Gasteiger partial charge in [-0.15, -0.1) is 0 Å². The maximum absolute atomic E-state index is 12.5. The minimum atomic E-state index is -3.20. The van der Waals surface area contributed by atoms with Gasteiger partial charge in [0.1, 0.15) is 0 Å². The predicted molar refractivity (Wildman–Crippen MR) is 105 cm³/mol. The van der Waals surface area contributed by atoms with E-state index in [2.05, 4.69) is 5.10 Å². The minimum absolute atomic E-state index is 0.116. The first-order chi connectivity index (χ1) is 12.8. The molecule has 1 aliphatic heterocycles. The van der Waals surface area contributed by atoms with Crippen molar-refractivity contribution in [2.24, 2.45) is 0 Å². The topological polar surface area (TPSA) is 75.5 Å². The molecule has 0 unspecified atom stereocenters. The number of para-hydroxylation sites is 1. The number of nitrogens with zero attached hydrogens (tertiary/aromatic N) is 4. The molecule has 1 fully saturated rings. The van der Waals surface area contributed by atoms with Gasteiger partial charge in [0, 0.05) is 43.5 Å². The molecule has 0 saturated carbocycles. The summed E-state index contributed by atoms with van der Waals surface area (Å²) < 4.78 is 26.4. The first-order valence-corrected chi connectivity index (χ1v) is 10.7. The van der Waals surface area contributed by atoms with E-state index in [9.17, 15) is 13.2 Å². The van der Waals surface area contributed by atoms with Crippen LogP contribution in [0, 0.1) is 13.8 Å². The van der Waals surface area contributed by atoms with E-state index in [0.29, 0.717) is 26.2 Å². The van der Waals surface area contributed by atoms with E-state index >= 15 is 0 Å². The van der Waals surface area contributed by atoms with Gasteiger partial charge in [-0.05, 0) is 32.1 Å². The summed E-state index contributed by atoms with van der Waals surface area (Å²) in [6, 6.07) is 9.85. The third-order valence-electron chi connectivity index (χ3n) is 4.76. The van der Waals surface area contributed by atoms with Gasteiger partial charge in [-0.1, -0.05) is 18.2 Å². The fraction of sp³-hybridized carbons (Fsp3) is 0.368. The van der Waals surface area contributed by atoms with Crippen LogP contribution in [-0.4, -0.2) is 65.7 Å². The molecule has 2 heterocycles. The van der Waals surface area contributed by atoms with Crippen molar-refractivity contribution in [2.45, 2.75) is 13.8 Å². The largest absolute Gasteiger partial charge is 0.337 e. The smallest absolute Gasteiger partial charge is 0.246 e. The number of rotatable bonds is 4. The summed E-state index contributed by atoms with van der Waals surface area (Å²) >= 11 is 0. The van der Waals surface area contributed by atoms with Crippen LogP contribution in [0.5, 0.6) is 0 Å². The lowest BCUT2D eigenvalue weighted by Crippen LogP contribution is -2.49. The maximum Gasteiger partial charge on any atom is 0.246 e. The summed E-state index contributed by atoms with van der Waals surface area (Å²) in [6.45, 7) is 5.36. The molecule has 1 aliphatic rings. The van der Waals surface area contributed by atoms with Gasteiger partial charge in [0.05, 0.1) is 17.6 Å². The van der Waals surface area contributed by atoms with Crippen molar-refractivity contribution < 1.29 is 13.2 Å². The molecule has 2 aromatic rings. The summed E-state index contributed by atoms with van der Waals surface area (Å²) in [6.07, 6.45) is 4.53. The number of amides is 1. The Morgan fingerprint density at radius 3 is 2.30 bits per heavy atom. The normalized spacial score (nSPS) is 16.2. The molecule has 1 aromatic heterocycles. The van der Waals surface area contributed by atoms with Crippen molar-refractivity contribution in [1.82, 2.24) is 19.0 Å². The van der Waals surface area contributed by atoms with Crippen LogP contribution >= 0.6 is 0 Å². The van der Waals surface area contributed by atoms with Gasteiger partial charge < -0.3 is 4.90 Å². The Morgan fingerprint density at radius 1 is 1.07 bits per heavy atom. The molecule has 0 spiro atoms. The number of hydrogen-bond acceptors (Lipinski definition) is 4. The average Bonchev–Trinajstić information content (AvgIpc) is 2.94. The van der Waals surface area contributed by atoms with E-state index < -0.39 is 10.0 Å². The van der Waals surface area contributed by atoms with Gasteiger partial charge in [0.25, 0.3) is 0 Å². The van der Waals surface area contributed by atoms with Crippen molar-refractivity contribution in [1.29, 1.82) is 0 Å². The van der Waals surface area contributed by atoms with Gasteiger partial charge in [-0.2, -0.15) is 9.40 Å². The lowest BCUT2D eigenvalue weighted by atomic mass is 10.1. The van der Waals surface area contributed by atoms with E-state index in [1.54, 1.807) is 17.1 Å². The SMILES string of the molecule is Cc1nn(-c2ccccc2)c(C)c1/C=C/C(=O)N1CCN(S(C)(=O)=O)CC1. The van der Waals surface area contributed by atoms with Gasteiger partial charge >= 0.3 is 0 Å². The van der Waals surface area contributed by atoms with Gasteiger partial charge in [0.15, 0.2) is 0 Å². The van der Waals surface area contributed by atoms with Gasteiger partial charge in [-0.3, -0.25) is 4.79 Å². The Labute approximate surface area is 159 Å². The van der Waals surface area contributed by atoms with Crippen molar-refractivity contribution in [2.75, 3.05) is 32.4 Å². The van der Waals surface area contributed by atoms with Crippen LogP contribution in [0.25, 0.3) is 11.8 Å². The number of benzene rings is 1. The summed E-state index contributed by atoms with van der Waals surface area (Å²) in [5.41, 5.74) is 3.70. The first kappa shape index (κ1) is 19.3. The second-order valence-electron chi connectivity index (χ2n) is 6.65. The first-order valence-electron chi connectivity index (χ1n) is 8.81. The van der Waals surface area contributed by atoms with E-state index in [-0.39, 0.29) is 5.91 Å². The Morgan fingerprint density at radius 2 is 1.70 bits per heavy atom. The monoisotopic (exact) mass is 388 g/mol.